The van der Waals surface area contributed by atoms with Gasteiger partial charge in [0.15, 0.2) is 0 Å². The molecule has 1 heterocycles. The van der Waals surface area contributed by atoms with E-state index in [0.717, 1.165) is 5.69 Å². The Labute approximate surface area is 131 Å². The van der Waals surface area contributed by atoms with Crippen LogP contribution in [-0.2, 0) is 0 Å². The SMILES string of the molecule is CCCCCCCCCCCCC(NC)c1ccncn1. The molecule has 3 nitrogen and oxygen atoms in total. The van der Waals surface area contributed by atoms with Crippen LogP contribution >= 0.6 is 0 Å². The van der Waals surface area contributed by atoms with Gasteiger partial charge in [-0.3, -0.25) is 0 Å². The number of unbranched alkanes of at least 4 members (excludes halogenated alkanes) is 9. The minimum Gasteiger partial charge on any atom is -0.312 e. The van der Waals surface area contributed by atoms with Gasteiger partial charge in [0.25, 0.3) is 0 Å². The summed E-state index contributed by atoms with van der Waals surface area (Å²) >= 11 is 0. The van der Waals surface area contributed by atoms with E-state index in [1.165, 1.54) is 70.6 Å². The maximum Gasteiger partial charge on any atom is 0.115 e. The quantitative estimate of drug-likeness (QED) is 0.517. The van der Waals surface area contributed by atoms with E-state index >= 15 is 0 Å². The second-order valence-electron chi connectivity index (χ2n) is 5.95. The van der Waals surface area contributed by atoms with E-state index in [-0.39, 0.29) is 0 Å². The Hall–Kier alpha value is -0.960. The lowest BCUT2D eigenvalue weighted by atomic mass is 10.0. The van der Waals surface area contributed by atoms with Crippen molar-refractivity contribution in [3.8, 4) is 0 Å². The number of rotatable bonds is 13. The maximum atomic E-state index is 4.34. The van der Waals surface area contributed by atoms with Crippen LogP contribution in [0.3, 0.4) is 0 Å². The lowest BCUT2D eigenvalue weighted by molar-refractivity contribution is 0.484. The monoisotopic (exact) mass is 291 g/mol. The average molecular weight is 291 g/mol. The first kappa shape index (κ1) is 18.1. The zero-order valence-electron chi connectivity index (χ0n) is 14.0. The Morgan fingerprint density at radius 2 is 1.57 bits per heavy atom. The summed E-state index contributed by atoms with van der Waals surface area (Å²) in [4.78, 5) is 8.32. The van der Waals surface area contributed by atoms with Gasteiger partial charge in [0.1, 0.15) is 6.33 Å². The van der Waals surface area contributed by atoms with Crippen molar-refractivity contribution < 1.29 is 0 Å². The van der Waals surface area contributed by atoms with Crippen molar-refractivity contribution in [3.05, 3.63) is 24.3 Å². The van der Waals surface area contributed by atoms with Crippen LogP contribution in [0.1, 0.15) is 89.3 Å². The lowest BCUT2D eigenvalue weighted by Gasteiger charge is -2.14. The summed E-state index contributed by atoms with van der Waals surface area (Å²) < 4.78 is 0. The second kappa shape index (κ2) is 12.8. The molecule has 1 aromatic heterocycles. The van der Waals surface area contributed by atoms with Crippen LogP contribution in [0.5, 0.6) is 0 Å². The van der Waals surface area contributed by atoms with E-state index in [2.05, 4.69) is 22.2 Å². The predicted octanol–water partition coefficient (Wildman–Crippen LogP) is 5.05. The molecule has 1 aromatic rings. The summed E-state index contributed by atoms with van der Waals surface area (Å²) in [6.45, 7) is 2.28. The predicted molar refractivity (Wildman–Crippen MR) is 90.3 cm³/mol. The first-order chi connectivity index (χ1) is 10.4. The Morgan fingerprint density at radius 3 is 2.10 bits per heavy atom. The van der Waals surface area contributed by atoms with Crippen molar-refractivity contribution in [2.45, 2.75) is 83.6 Å². The summed E-state index contributed by atoms with van der Waals surface area (Å²) in [5, 5.41) is 3.36. The second-order valence-corrected chi connectivity index (χ2v) is 5.95. The van der Waals surface area contributed by atoms with Crippen molar-refractivity contribution in [2.24, 2.45) is 0 Å². The van der Waals surface area contributed by atoms with Crippen molar-refractivity contribution in [1.29, 1.82) is 0 Å². The summed E-state index contributed by atoms with van der Waals surface area (Å²) in [5.74, 6) is 0. The highest BCUT2D eigenvalue weighted by Crippen LogP contribution is 2.18. The van der Waals surface area contributed by atoms with Crippen LogP contribution in [0, 0.1) is 0 Å². The molecule has 1 unspecified atom stereocenters. The van der Waals surface area contributed by atoms with Gasteiger partial charge in [-0.1, -0.05) is 71.1 Å². The van der Waals surface area contributed by atoms with E-state index in [1.807, 2.05) is 19.3 Å². The van der Waals surface area contributed by atoms with Gasteiger partial charge in [-0.05, 0) is 19.5 Å². The number of hydrogen-bond acceptors (Lipinski definition) is 3. The molecule has 0 aliphatic heterocycles. The zero-order valence-corrected chi connectivity index (χ0v) is 14.0. The molecule has 0 aromatic carbocycles. The van der Waals surface area contributed by atoms with E-state index in [9.17, 15) is 0 Å². The highest BCUT2D eigenvalue weighted by molar-refractivity contribution is 5.04. The molecule has 0 spiro atoms. The van der Waals surface area contributed by atoms with Gasteiger partial charge in [-0.15, -0.1) is 0 Å². The first-order valence-corrected chi connectivity index (χ1v) is 8.81. The lowest BCUT2D eigenvalue weighted by Crippen LogP contribution is -2.17. The Bertz CT molecular complexity index is 326. The normalized spacial score (nSPS) is 12.5. The van der Waals surface area contributed by atoms with Crippen LogP contribution in [0.15, 0.2) is 18.6 Å². The summed E-state index contributed by atoms with van der Waals surface area (Å²) in [6, 6.07) is 2.39. The fourth-order valence-corrected chi connectivity index (χ4v) is 2.78. The molecule has 1 atom stereocenters. The average Bonchev–Trinajstić information content (AvgIpc) is 2.54. The van der Waals surface area contributed by atoms with E-state index in [1.54, 1.807) is 6.33 Å². The van der Waals surface area contributed by atoms with Crippen LogP contribution < -0.4 is 5.32 Å². The standard InChI is InChI=1S/C18H33N3/c1-3-4-5-6-7-8-9-10-11-12-13-17(19-2)18-14-15-20-16-21-18/h14-17,19H,3-13H2,1-2H3. The van der Waals surface area contributed by atoms with Gasteiger partial charge in [-0.2, -0.15) is 0 Å². The molecule has 0 aliphatic rings. The summed E-state index contributed by atoms with van der Waals surface area (Å²) in [7, 11) is 2.02. The minimum atomic E-state index is 0.377. The van der Waals surface area contributed by atoms with Gasteiger partial charge in [0.05, 0.1) is 5.69 Å². The molecule has 0 radical (unpaired) electrons. The number of nitrogens with zero attached hydrogens (tertiary/aromatic N) is 2. The van der Waals surface area contributed by atoms with Crippen molar-refractivity contribution in [2.75, 3.05) is 7.05 Å². The molecule has 0 saturated heterocycles. The first-order valence-electron chi connectivity index (χ1n) is 8.81. The van der Waals surface area contributed by atoms with Gasteiger partial charge < -0.3 is 5.32 Å². The third-order valence-electron chi connectivity index (χ3n) is 4.16. The number of hydrogen-bond donors (Lipinski definition) is 1. The molecule has 0 aliphatic carbocycles. The van der Waals surface area contributed by atoms with E-state index < -0.39 is 0 Å². The highest BCUT2D eigenvalue weighted by Gasteiger charge is 2.09. The van der Waals surface area contributed by atoms with Gasteiger partial charge in [-0.25, -0.2) is 9.97 Å². The third kappa shape index (κ3) is 8.82. The molecule has 3 heteroatoms. The fourth-order valence-electron chi connectivity index (χ4n) is 2.78. The van der Waals surface area contributed by atoms with Crippen molar-refractivity contribution in [1.82, 2.24) is 15.3 Å². The van der Waals surface area contributed by atoms with Gasteiger partial charge in [0.2, 0.25) is 0 Å². The molecule has 21 heavy (non-hydrogen) atoms. The largest absolute Gasteiger partial charge is 0.312 e. The Balaban J connectivity index is 1.98. The number of aromatic nitrogens is 2. The fraction of sp³-hybridized carbons (Fsp3) is 0.778. The number of nitrogens with one attached hydrogen (secondary N) is 1. The van der Waals surface area contributed by atoms with E-state index in [4.69, 9.17) is 0 Å². The van der Waals surface area contributed by atoms with Crippen LogP contribution in [0.2, 0.25) is 0 Å². The zero-order chi connectivity index (χ0) is 15.2. The molecule has 1 rings (SSSR count). The molecule has 1 N–H and O–H groups in total. The molecule has 0 saturated carbocycles. The third-order valence-corrected chi connectivity index (χ3v) is 4.16. The Morgan fingerprint density at radius 1 is 0.952 bits per heavy atom. The molecule has 120 valence electrons. The minimum absolute atomic E-state index is 0.377. The smallest absolute Gasteiger partial charge is 0.115 e. The van der Waals surface area contributed by atoms with Gasteiger partial charge in [0, 0.05) is 12.2 Å². The summed E-state index contributed by atoms with van der Waals surface area (Å²) in [6.07, 6.45) is 18.5. The molecular weight excluding hydrogens is 258 g/mol. The summed E-state index contributed by atoms with van der Waals surface area (Å²) in [5.41, 5.74) is 1.11. The highest BCUT2D eigenvalue weighted by atomic mass is 14.9. The van der Waals surface area contributed by atoms with Crippen molar-refractivity contribution >= 4 is 0 Å². The molecule has 0 bridgehead atoms. The van der Waals surface area contributed by atoms with Crippen LogP contribution in [0.25, 0.3) is 0 Å². The van der Waals surface area contributed by atoms with Gasteiger partial charge >= 0.3 is 0 Å². The van der Waals surface area contributed by atoms with Crippen molar-refractivity contribution in [3.63, 3.8) is 0 Å². The van der Waals surface area contributed by atoms with E-state index in [0.29, 0.717) is 6.04 Å². The molecule has 0 fully saturated rings. The van der Waals surface area contributed by atoms with Crippen LogP contribution in [-0.4, -0.2) is 17.0 Å². The maximum absolute atomic E-state index is 4.34. The van der Waals surface area contributed by atoms with Crippen LogP contribution in [0.4, 0.5) is 0 Å². The molecule has 0 amide bonds. The Kier molecular flexibility index (Phi) is 11.0. The molecular formula is C18H33N3. The topological polar surface area (TPSA) is 37.8 Å².